The SMILES string of the molecule is COc1cc(/C=C/C(=O)N(N=Nc2ccc([N+](=O)[O-])cc2Br)c2ccc([N+](=O)[O-])cc2Br)ccc1OC(C)=O. The zero-order valence-electron chi connectivity index (χ0n) is 20.1. The quantitative estimate of drug-likeness (QED) is 0.0608. The lowest BCUT2D eigenvalue weighted by atomic mass is 10.2. The molecule has 15 heteroatoms. The van der Waals surface area contributed by atoms with Gasteiger partial charge in [0.1, 0.15) is 5.69 Å². The summed E-state index contributed by atoms with van der Waals surface area (Å²) < 4.78 is 10.7. The van der Waals surface area contributed by atoms with Gasteiger partial charge in [-0.2, -0.15) is 5.01 Å². The van der Waals surface area contributed by atoms with E-state index in [0.717, 1.165) is 5.01 Å². The monoisotopic (exact) mass is 661 g/mol. The van der Waals surface area contributed by atoms with Gasteiger partial charge in [-0.25, -0.2) is 0 Å². The van der Waals surface area contributed by atoms with E-state index in [1.807, 2.05) is 0 Å². The Morgan fingerprint density at radius 1 is 0.923 bits per heavy atom. The number of benzene rings is 3. The molecule has 0 unspecified atom stereocenters. The number of non-ortho nitro benzene ring substituents is 2. The second-order valence-electron chi connectivity index (χ2n) is 7.46. The average Bonchev–Trinajstić information content (AvgIpc) is 2.89. The summed E-state index contributed by atoms with van der Waals surface area (Å²) >= 11 is 6.42. The number of hydrogen-bond donors (Lipinski definition) is 0. The van der Waals surface area contributed by atoms with Gasteiger partial charge in [0.25, 0.3) is 17.3 Å². The number of rotatable bonds is 9. The van der Waals surface area contributed by atoms with Crippen LogP contribution in [0.15, 0.2) is 80.0 Å². The number of anilines is 1. The number of nitro groups is 2. The van der Waals surface area contributed by atoms with Crippen LogP contribution in [0.5, 0.6) is 11.5 Å². The van der Waals surface area contributed by atoms with Gasteiger partial charge in [0.2, 0.25) is 0 Å². The summed E-state index contributed by atoms with van der Waals surface area (Å²) in [6.45, 7) is 1.25. The number of halogens is 2. The Labute approximate surface area is 237 Å². The van der Waals surface area contributed by atoms with Gasteiger partial charge in [-0.15, -0.1) is 5.11 Å². The van der Waals surface area contributed by atoms with Gasteiger partial charge in [-0.05, 0) is 67.8 Å². The number of carbonyl (C=O) groups is 2. The molecule has 0 N–H and O–H groups in total. The minimum Gasteiger partial charge on any atom is -0.493 e. The summed E-state index contributed by atoms with van der Waals surface area (Å²) in [5.41, 5.74) is 0.452. The number of ether oxygens (including phenoxy) is 2. The van der Waals surface area contributed by atoms with Gasteiger partial charge in [0.15, 0.2) is 11.5 Å². The smallest absolute Gasteiger partial charge is 0.308 e. The van der Waals surface area contributed by atoms with Crippen molar-refractivity contribution in [3.05, 3.63) is 95.4 Å². The average molecular weight is 663 g/mol. The van der Waals surface area contributed by atoms with Gasteiger partial charge in [-0.3, -0.25) is 29.8 Å². The molecule has 3 aromatic rings. The Hall–Kier alpha value is -4.50. The summed E-state index contributed by atoms with van der Waals surface area (Å²) in [6, 6.07) is 12.1. The van der Waals surface area contributed by atoms with E-state index in [0.29, 0.717) is 5.56 Å². The third-order valence-electron chi connectivity index (χ3n) is 4.82. The fraction of sp³-hybridized carbons (Fsp3) is 0.0833. The third-order valence-corrected chi connectivity index (χ3v) is 6.09. The highest BCUT2D eigenvalue weighted by molar-refractivity contribution is 9.11. The molecule has 1 amide bonds. The lowest BCUT2D eigenvalue weighted by Gasteiger charge is -2.15. The highest BCUT2D eigenvalue weighted by Crippen LogP contribution is 2.34. The van der Waals surface area contributed by atoms with Crippen LogP contribution < -0.4 is 14.5 Å². The lowest BCUT2D eigenvalue weighted by Crippen LogP contribution is -2.23. The maximum absolute atomic E-state index is 13.2. The van der Waals surface area contributed by atoms with E-state index in [9.17, 15) is 29.8 Å². The van der Waals surface area contributed by atoms with Gasteiger partial charge >= 0.3 is 5.97 Å². The Morgan fingerprint density at radius 3 is 2.13 bits per heavy atom. The van der Waals surface area contributed by atoms with Crippen LogP contribution >= 0.6 is 31.9 Å². The third kappa shape index (κ3) is 7.52. The molecule has 3 rings (SSSR count). The van der Waals surface area contributed by atoms with Crippen LogP contribution in [0, 0.1) is 20.2 Å². The van der Waals surface area contributed by atoms with Crippen molar-refractivity contribution in [1.29, 1.82) is 0 Å². The van der Waals surface area contributed by atoms with Crippen molar-refractivity contribution in [2.24, 2.45) is 10.3 Å². The summed E-state index contributed by atoms with van der Waals surface area (Å²) in [5, 5.41) is 31.1. The number of carbonyl (C=O) groups excluding carboxylic acids is 2. The van der Waals surface area contributed by atoms with E-state index in [2.05, 4.69) is 42.2 Å². The zero-order chi connectivity index (χ0) is 28.7. The van der Waals surface area contributed by atoms with Crippen molar-refractivity contribution in [3.63, 3.8) is 0 Å². The molecule has 0 saturated heterocycles. The zero-order valence-corrected chi connectivity index (χ0v) is 23.3. The van der Waals surface area contributed by atoms with Crippen LogP contribution in [0.1, 0.15) is 12.5 Å². The van der Waals surface area contributed by atoms with E-state index in [4.69, 9.17) is 9.47 Å². The molecule has 0 fully saturated rings. The first-order valence-corrected chi connectivity index (χ1v) is 12.3. The predicted octanol–water partition coefficient (Wildman–Crippen LogP) is 6.71. The minimum absolute atomic E-state index is 0.139. The molecule has 0 spiro atoms. The number of nitrogens with zero attached hydrogens (tertiary/aromatic N) is 5. The van der Waals surface area contributed by atoms with Crippen LogP contribution in [0.25, 0.3) is 6.08 Å². The van der Waals surface area contributed by atoms with Gasteiger partial charge in [0, 0.05) is 37.3 Å². The van der Waals surface area contributed by atoms with E-state index in [1.165, 1.54) is 68.7 Å². The summed E-state index contributed by atoms with van der Waals surface area (Å²) in [4.78, 5) is 45.5. The normalized spacial score (nSPS) is 11.0. The number of hydrogen-bond acceptors (Lipinski definition) is 10. The van der Waals surface area contributed by atoms with Gasteiger partial charge in [-0.1, -0.05) is 11.3 Å². The van der Waals surface area contributed by atoms with E-state index in [1.54, 1.807) is 12.1 Å². The molecule has 200 valence electrons. The van der Waals surface area contributed by atoms with Crippen LogP contribution in [0.2, 0.25) is 0 Å². The molecule has 0 radical (unpaired) electrons. The summed E-state index contributed by atoms with van der Waals surface area (Å²) in [7, 11) is 1.39. The van der Waals surface area contributed by atoms with Crippen molar-refractivity contribution in [1.82, 2.24) is 0 Å². The standard InChI is InChI=1S/C24H17Br2N5O8/c1-14(32)39-22-9-3-15(11-23(22)38-2)4-10-24(33)29(21-8-6-17(31(36)37)13-19(21)26)28-27-20-7-5-16(30(34)35)12-18(20)25/h3-13H,1-2H3/b10-4+,28-27?. The molecular formula is C24H17Br2N5O8. The molecule has 0 atom stereocenters. The molecule has 0 saturated carbocycles. The van der Waals surface area contributed by atoms with Crippen LogP contribution in [-0.4, -0.2) is 28.8 Å². The lowest BCUT2D eigenvalue weighted by molar-refractivity contribution is -0.385. The van der Waals surface area contributed by atoms with Crippen molar-refractivity contribution in [3.8, 4) is 11.5 Å². The van der Waals surface area contributed by atoms with Crippen LogP contribution in [-0.2, 0) is 9.59 Å². The molecule has 39 heavy (non-hydrogen) atoms. The Bertz CT molecular complexity index is 1530. The topological polar surface area (TPSA) is 167 Å². The first-order valence-electron chi connectivity index (χ1n) is 10.7. The molecular weight excluding hydrogens is 646 g/mol. The van der Waals surface area contributed by atoms with Crippen molar-refractivity contribution < 1.29 is 28.9 Å². The maximum atomic E-state index is 13.2. The molecule has 0 aliphatic heterocycles. The number of nitro benzene ring substituents is 2. The Balaban J connectivity index is 1.98. The van der Waals surface area contributed by atoms with Gasteiger partial charge in [0.05, 0.1) is 31.6 Å². The van der Waals surface area contributed by atoms with E-state index in [-0.39, 0.29) is 43.2 Å². The van der Waals surface area contributed by atoms with Crippen LogP contribution in [0.4, 0.5) is 22.7 Å². The molecule has 0 aliphatic carbocycles. The molecule has 0 aliphatic rings. The largest absolute Gasteiger partial charge is 0.493 e. The number of esters is 1. The number of methoxy groups -OCH3 is 1. The molecule has 0 heterocycles. The predicted molar refractivity (Wildman–Crippen MR) is 147 cm³/mol. The van der Waals surface area contributed by atoms with Crippen molar-refractivity contribution in [2.45, 2.75) is 6.92 Å². The fourth-order valence-corrected chi connectivity index (χ4v) is 4.02. The highest BCUT2D eigenvalue weighted by Gasteiger charge is 2.20. The molecule has 0 bridgehead atoms. The Kier molecular flexibility index (Phi) is 9.57. The molecule has 3 aromatic carbocycles. The fourth-order valence-electron chi connectivity index (χ4n) is 3.04. The molecule has 0 aromatic heterocycles. The number of amides is 1. The second-order valence-corrected chi connectivity index (χ2v) is 9.17. The highest BCUT2D eigenvalue weighted by atomic mass is 79.9. The van der Waals surface area contributed by atoms with E-state index >= 15 is 0 Å². The second kappa shape index (κ2) is 12.8. The van der Waals surface area contributed by atoms with Crippen molar-refractivity contribution >= 4 is 72.6 Å². The van der Waals surface area contributed by atoms with Gasteiger partial charge < -0.3 is 9.47 Å². The molecule has 13 nitrogen and oxygen atoms in total. The van der Waals surface area contributed by atoms with Crippen molar-refractivity contribution in [2.75, 3.05) is 12.1 Å². The van der Waals surface area contributed by atoms with Crippen LogP contribution in [0.3, 0.4) is 0 Å². The first kappa shape index (κ1) is 29.1. The summed E-state index contributed by atoms with van der Waals surface area (Å²) in [5.74, 6) is -0.750. The minimum atomic E-state index is -0.686. The first-order chi connectivity index (χ1) is 18.5. The maximum Gasteiger partial charge on any atom is 0.308 e. The Morgan fingerprint density at radius 2 is 1.56 bits per heavy atom. The summed E-state index contributed by atoms with van der Waals surface area (Å²) in [6.07, 6.45) is 2.63. The van der Waals surface area contributed by atoms with E-state index < -0.39 is 21.7 Å².